The second-order valence-electron chi connectivity index (χ2n) is 11.1. The molecule has 1 saturated carbocycles. The average Bonchev–Trinajstić information content (AvgIpc) is 3.47. The molecule has 4 aromatic rings. The van der Waals surface area contributed by atoms with Crippen LogP contribution in [-0.2, 0) is 19.5 Å². The topological polar surface area (TPSA) is 41.7 Å². The molecule has 3 heterocycles. The summed E-state index contributed by atoms with van der Waals surface area (Å²) in [7, 11) is 4.18. The maximum Gasteiger partial charge on any atom is 0.175 e. The van der Waals surface area contributed by atoms with Crippen molar-refractivity contribution in [3.8, 4) is 5.75 Å². The molecule has 2 fully saturated rings. The first kappa shape index (κ1) is 27.2. The Balaban J connectivity index is 0.00000144. The van der Waals surface area contributed by atoms with Crippen molar-refractivity contribution >= 4 is 32.4 Å². The maximum atomic E-state index is 6.19. The van der Waals surface area contributed by atoms with E-state index in [1.807, 2.05) is 25.2 Å². The number of likely N-dealkylation sites (tertiary alicyclic amines) is 1. The highest BCUT2D eigenvalue weighted by Crippen LogP contribution is 2.35. The van der Waals surface area contributed by atoms with Crippen LogP contribution in [0.3, 0.4) is 0 Å². The van der Waals surface area contributed by atoms with Crippen LogP contribution in [0.2, 0.25) is 0 Å². The minimum Gasteiger partial charge on any atom is -0.493 e. The van der Waals surface area contributed by atoms with Gasteiger partial charge in [-0.2, -0.15) is 0 Å². The number of benzene rings is 2. The van der Waals surface area contributed by atoms with Gasteiger partial charge in [-0.05, 0) is 112 Å². The van der Waals surface area contributed by atoms with Crippen molar-refractivity contribution in [1.82, 2.24) is 15.0 Å². The summed E-state index contributed by atoms with van der Waals surface area (Å²) < 4.78 is 13.6. The Morgan fingerprint density at radius 2 is 1.84 bits per heavy atom. The van der Waals surface area contributed by atoms with Crippen LogP contribution in [0.15, 0.2) is 46.3 Å². The molecule has 1 aliphatic carbocycles. The fourth-order valence-electron chi connectivity index (χ4n) is 5.56. The molecule has 5 nitrogen and oxygen atoms in total. The lowest BCUT2D eigenvalue weighted by molar-refractivity contribution is 0.172. The van der Waals surface area contributed by atoms with Crippen LogP contribution in [0.4, 0.5) is 0 Å². The summed E-state index contributed by atoms with van der Waals surface area (Å²) >= 11 is 1.87. The molecule has 38 heavy (non-hydrogen) atoms. The molecule has 0 amide bonds. The van der Waals surface area contributed by atoms with E-state index in [0.29, 0.717) is 0 Å². The van der Waals surface area contributed by atoms with E-state index in [0.717, 1.165) is 65.9 Å². The number of piperidine rings is 1. The molecule has 0 radical (unpaired) electrons. The highest BCUT2D eigenvalue weighted by atomic mass is 32.1. The monoisotopic (exact) mass is 533 g/mol. The standard InChI is InChI=1S/C30H37N3O2S.C2H6/c1-32(2)19-26-28(34-20-22-6-7-22)11-9-25-27(31-35-29(25)26)10-8-21-12-15-33(16-13-21)18-24-5-3-4-23-14-17-36-30(23)24;1-2/h3-5,9,11,14,17,21-22H,6-8,10,12-13,15-16,18-20H2,1-2H3;1-2H3. The summed E-state index contributed by atoms with van der Waals surface area (Å²) in [6.07, 6.45) is 7.28. The van der Waals surface area contributed by atoms with Crippen LogP contribution in [0.5, 0.6) is 5.75 Å². The third-order valence-electron chi connectivity index (χ3n) is 7.87. The third-order valence-corrected chi connectivity index (χ3v) is 8.88. The Labute approximate surface area is 231 Å². The maximum absolute atomic E-state index is 6.19. The molecular formula is C32H43N3O2S. The Bertz CT molecular complexity index is 1310. The molecule has 6 heteroatoms. The zero-order valence-corrected chi connectivity index (χ0v) is 24.4. The molecule has 0 atom stereocenters. The molecule has 1 aliphatic heterocycles. The molecule has 204 valence electrons. The van der Waals surface area contributed by atoms with E-state index in [9.17, 15) is 0 Å². The van der Waals surface area contributed by atoms with Gasteiger partial charge in [-0.1, -0.05) is 37.2 Å². The number of aryl methyl sites for hydroxylation is 1. The SMILES string of the molecule is CC.CN(C)Cc1c(OCC2CC2)ccc2c(CCC3CCN(Cc4cccc5ccsc45)CC3)noc12. The Hall–Kier alpha value is -2.41. The molecule has 1 saturated heterocycles. The van der Waals surface area contributed by atoms with E-state index < -0.39 is 0 Å². The van der Waals surface area contributed by atoms with Crippen molar-refractivity contribution in [3.05, 3.63) is 58.6 Å². The smallest absolute Gasteiger partial charge is 0.175 e. The van der Waals surface area contributed by atoms with E-state index in [1.165, 1.54) is 60.8 Å². The van der Waals surface area contributed by atoms with Gasteiger partial charge in [0.15, 0.2) is 5.58 Å². The highest BCUT2D eigenvalue weighted by Gasteiger charge is 2.25. The molecular weight excluding hydrogens is 490 g/mol. The third kappa shape index (κ3) is 6.41. The number of rotatable bonds is 10. The van der Waals surface area contributed by atoms with Crippen molar-refractivity contribution < 1.29 is 9.26 Å². The van der Waals surface area contributed by atoms with Crippen molar-refractivity contribution in [2.75, 3.05) is 33.8 Å². The van der Waals surface area contributed by atoms with E-state index in [1.54, 1.807) is 0 Å². The van der Waals surface area contributed by atoms with E-state index in [-0.39, 0.29) is 0 Å². The summed E-state index contributed by atoms with van der Waals surface area (Å²) in [6.45, 7) is 9.04. The van der Waals surface area contributed by atoms with Crippen LogP contribution < -0.4 is 4.74 Å². The fourth-order valence-corrected chi connectivity index (χ4v) is 6.47. The molecule has 0 bridgehead atoms. The number of nitrogens with zero attached hydrogens (tertiary/aromatic N) is 3. The number of fused-ring (bicyclic) bond motifs is 2. The molecule has 0 unspecified atom stereocenters. The molecule has 2 aromatic heterocycles. The first-order valence-electron chi connectivity index (χ1n) is 14.5. The summed E-state index contributed by atoms with van der Waals surface area (Å²) in [5.41, 5.74) is 4.62. The number of ether oxygens (including phenoxy) is 1. The van der Waals surface area contributed by atoms with Gasteiger partial charge in [0, 0.05) is 23.2 Å². The largest absolute Gasteiger partial charge is 0.493 e. The number of hydrogen-bond acceptors (Lipinski definition) is 6. The summed E-state index contributed by atoms with van der Waals surface area (Å²) in [6, 6.07) is 13.3. The van der Waals surface area contributed by atoms with Gasteiger partial charge in [0.1, 0.15) is 5.75 Å². The van der Waals surface area contributed by atoms with Crippen molar-refractivity contribution in [3.63, 3.8) is 0 Å². The second kappa shape index (κ2) is 12.6. The van der Waals surface area contributed by atoms with E-state index in [2.05, 4.69) is 70.8 Å². The lowest BCUT2D eigenvalue weighted by atomic mass is 9.91. The van der Waals surface area contributed by atoms with Crippen LogP contribution in [0.1, 0.15) is 62.8 Å². The number of hydrogen-bond donors (Lipinski definition) is 0. The molecule has 2 aliphatic rings. The van der Waals surface area contributed by atoms with E-state index >= 15 is 0 Å². The highest BCUT2D eigenvalue weighted by molar-refractivity contribution is 7.17. The Morgan fingerprint density at radius 3 is 2.61 bits per heavy atom. The quantitative estimate of drug-likeness (QED) is 0.208. The minimum absolute atomic E-state index is 0.731. The van der Waals surface area contributed by atoms with Crippen molar-refractivity contribution in [1.29, 1.82) is 0 Å². The molecule has 2 aromatic carbocycles. The summed E-state index contributed by atoms with van der Waals surface area (Å²) in [5.74, 6) is 2.44. The van der Waals surface area contributed by atoms with Gasteiger partial charge in [0.25, 0.3) is 0 Å². The van der Waals surface area contributed by atoms with Gasteiger partial charge in [-0.25, -0.2) is 0 Å². The van der Waals surface area contributed by atoms with Gasteiger partial charge in [-0.3, -0.25) is 4.90 Å². The molecule has 0 N–H and O–H groups in total. The first-order chi connectivity index (χ1) is 18.6. The van der Waals surface area contributed by atoms with Crippen LogP contribution in [0, 0.1) is 11.8 Å². The zero-order valence-electron chi connectivity index (χ0n) is 23.5. The van der Waals surface area contributed by atoms with Gasteiger partial charge in [0.2, 0.25) is 0 Å². The lowest BCUT2D eigenvalue weighted by Gasteiger charge is -2.32. The Kier molecular flexibility index (Phi) is 9.03. The summed E-state index contributed by atoms with van der Waals surface area (Å²) in [5, 5.41) is 9.28. The van der Waals surface area contributed by atoms with Crippen LogP contribution >= 0.6 is 11.3 Å². The van der Waals surface area contributed by atoms with Gasteiger partial charge < -0.3 is 14.2 Å². The summed E-state index contributed by atoms with van der Waals surface area (Å²) in [4.78, 5) is 4.81. The molecule has 0 spiro atoms. The van der Waals surface area contributed by atoms with Gasteiger partial charge in [-0.15, -0.1) is 11.3 Å². The number of thiophene rings is 1. The fraction of sp³-hybridized carbons (Fsp3) is 0.531. The normalized spacial score (nSPS) is 16.8. The van der Waals surface area contributed by atoms with Crippen LogP contribution in [0.25, 0.3) is 21.1 Å². The molecule has 6 rings (SSSR count). The predicted octanol–water partition coefficient (Wildman–Crippen LogP) is 7.76. The zero-order chi connectivity index (χ0) is 26.5. The van der Waals surface area contributed by atoms with Gasteiger partial charge >= 0.3 is 0 Å². The van der Waals surface area contributed by atoms with Crippen molar-refractivity contribution in [2.45, 2.75) is 65.5 Å². The average molecular weight is 534 g/mol. The minimum atomic E-state index is 0.731. The second-order valence-corrected chi connectivity index (χ2v) is 12.0. The number of aromatic nitrogens is 1. The van der Waals surface area contributed by atoms with Crippen LogP contribution in [-0.4, -0.2) is 48.7 Å². The predicted molar refractivity (Wildman–Crippen MR) is 159 cm³/mol. The first-order valence-corrected chi connectivity index (χ1v) is 15.4. The Morgan fingerprint density at radius 1 is 1.03 bits per heavy atom. The van der Waals surface area contributed by atoms with Gasteiger partial charge in [0.05, 0.1) is 17.9 Å². The van der Waals surface area contributed by atoms with Crippen molar-refractivity contribution in [2.24, 2.45) is 11.8 Å². The van der Waals surface area contributed by atoms with E-state index in [4.69, 9.17) is 9.26 Å². The lowest BCUT2D eigenvalue weighted by Crippen LogP contribution is -2.33.